The highest BCUT2D eigenvalue weighted by Crippen LogP contribution is 2.23. The van der Waals surface area contributed by atoms with Crippen molar-refractivity contribution in [2.24, 2.45) is 0 Å². The van der Waals surface area contributed by atoms with Crippen molar-refractivity contribution in [3.05, 3.63) is 0 Å². The van der Waals surface area contributed by atoms with E-state index >= 15 is 0 Å². The lowest BCUT2D eigenvalue weighted by Crippen LogP contribution is -2.45. The molecule has 1 N–H and O–H groups in total. The van der Waals surface area contributed by atoms with Gasteiger partial charge in [-0.25, -0.2) is 0 Å². The monoisotopic (exact) mass is 271 g/mol. The zero-order valence-corrected chi connectivity index (χ0v) is 12.8. The molecule has 0 amide bonds. The van der Waals surface area contributed by atoms with Crippen LogP contribution in [0.4, 0.5) is 0 Å². The molecule has 112 valence electrons. The van der Waals surface area contributed by atoms with E-state index in [2.05, 4.69) is 4.90 Å². The molecule has 0 aromatic heterocycles. The largest absolute Gasteiger partial charge is 0.459 e. The van der Waals surface area contributed by atoms with Crippen LogP contribution >= 0.6 is 0 Å². The van der Waals surface area contributed by atoms with Crippen molar-refractivity contribution in [3.63, 3.8) is 0 Å². The fraction of sp³-hybridized carbons (Fsp3) is 0.933. The Kier molecular flexibility index (Phi) is 6.27. The maximum absolute atomic E-state index is 11.9. The first-order chi connectivity index (χ1) is 8.78. The summed E-state index contributed by atoms with van der Waals surface area (Å²) in [6.07, 6.45) is 5.55. The Labute approximate surface area is 117 Å². The number of ether oxygens (including phenoxy) is 1. The minimum absolute atomic E-state index is 0.196. The predicted octanol–water partition coefficient (Wildman–Crippen LogP) is 2.34. The molecule has 1 fully saturated rings. The van der Waals surface area contributed by atoms with Gasteiger partial charge in [-0.15, -0.1) is 0 Å². The number of hydrogen-bond donors (Lipinski definition) is 1. The van der Waals surface area contributed by atoms with E-state index in [1.165, 1.54) is 19.3 Å². The molecule has 0 aliphatic heterocycles. The van der Waals surface area contributed by atoms with Gasteiger partial charge in [0.2, 0.25) is 0 Å². The van der Waals surface area contributed by atoms with Crippen LogP contribution in [0.2, 0.25) is 0 Å². The third-order valence-corrected chi connectivity index (χ3v) is 3.34. The maximum Gasteiger partial charge on any atom is 0.320 e. The van der Waals surface area contributed by atoms with Gasteiger partial charge in [0, 0.05) is 12.6 Å². The van der Waals surface area contributed by atoms with Crippen molar-refractivity contribution in [2.75, 3.05) is 13.1 Å². The van der Waals surface area contributed by atoms with Crippen LogP contribution in [0.3, 0.4) is 0 Å². The molecule has 1 atom stereocenters. The Hall–Kier alpha value is -0.610. The summed E-state index contributed by atoms with van der Waals surface area (Å²) in [5.74, 6) is -0.196. The molecule has 0 radical (unpaired) electrons. The average Bonchev–Trinajstić information content (AvgIpc) is 2.26. The number of esters is 1. The molecule has 1 rings (SSSR count). The van der Waals surface area contributed by atoms with Crippen molar-refractivity contribution in [3.8, 4) is 0 Å². The molecular formula is C15H29NO3. The number of hydrogen-bond acceptors (Lipinski definition) is 4. The zero-order chi connectivity index (χ0) is 14.5. The maximum atomic E-state index is 11.9. The first kappa shape index (κ1) is 16.4. The minimum Gasteiger partial charge on any atom is -0.459 e. The molecule has 1 unspecified atom stereocenters. The number of aliphatic hydroxyl groups is 1. The van der Waals surface area contributed by atoms with Crippen LogP contribution in [-0.2, 0) is 9.53 Å². The van der Waals surface area contributed by atoms with Gasteiger partial charge in [-0.2, -0.15) is 0 Å². The van der Waals surface area contributed by atoms with Gasteiger partial charge < -0.3 is 9.84 Å². The minimum atomic E-state index is -0.444. The van der Waals surface area contributed by atoms with Crippen molar-refractivity contribution in [1.29, 1.82) is 0 Å². The molecule has 0 aromatic carbocycles. The molecule has 4 heteroatoms. The lowest BCUT2D eigenvalue weighted by molar-refractivity contribution is -0.157. The average molecular weight is 271 g/mol. The summed E-state index contributed by atoms with van der Waals surface area (Å²) in [5.41, 5.74) is -0.444. The van der Waals surface area contributed by atoms with Crippen LogP contribution in [0, 0.1) is 0 Å². The molecule has 0 aromatic rings. The van der Waals surface area contributed by atoms with Gasteiger partial charge in [0.05, 0.1) is 12.6 Å². The Morgan fingerprint density at radius 1 is 1.32 bits per heavy atom. The molecule has 0 saturated heterocycles. The normalized spacial score (nSPS) is 19.5. The van der Waals surface area contributed by atoms with E-state index in [4.69, 9.17) is 4.74 Å². The summed E-state index contributed by atoms with van der Waals surface area (Å²) >= 11 is 0. The summed E-state index contributed by atoms with van der Waals surface area (Å²) in [7, 11) is 0. The molecular weight excluding hydrogens is 242 g/mol. The second-order valence-corrected chi connectivity index (χ2v) is 6.66. The topological polar surface area (TPSA) is 49.8 Å². The Bertz CT molecular complexity index is 278. The number of carbonyl (C=O) groups is 1. The van der Waals surface area contributed by atoms with E-state index in [-0.39, 0.29) is 12.5 Å². The highest BCUT2D eigenvalue weighted by Gasteiger charge is 2.26. The van der Waals surface area contributed by atoms with Gasteiger partial charge in [0.25, 0.3) is 0 Å². The lowest BCUT2D eigenvalue weighted by atomic mass is 9.94. The number of aliphatic hydroxyl groups excluding tert-OH is 1. The van der Waals surface area contributed by atoms with Crippen LogP contribution in [0.25, 0.3) is 0 Å². The van der Waals surface area contributed by atoms with E-state index in [9.17, 15) is 9.90 Å². The molecule has 0 spiro atoms. The van der Waals surface area contributed by atoms with Crippen molar-refractivity contribution < 1.29 is 14.6 Å². The number of carbonyl (C=O) groups excluding carboxylic acids is 1. The third-order valence-electron chi connectivity index (χ3n) is 3.34. The van der Waals surface area contributed by atoms with Crippen LogP contribution in [0.1, 0.15) is 59.8 Å². The summed E-state index contributed by atoms with van der Waals surface area (Å²) in [6.45, 7) is 8.24. The Balaban J connectivity index is 2.55. The first-order valence-corrected chi connectivity index (χ1v) is 7.42. The van der Waals surface area contributed by atoms with E-state index in [1.54, 1.807) is 6.92 Å². The summed E-state index contributed by atoms with van der Waals surface area (Å²) in [6, 6.07) is 0.413. The van der Waals surface area contributed by atoms with E-state index in [0.29, 0.717) is 12.6 Å². The van der Waals surface area contributed by atoms with Crippen LogP contribution in [0.15, 0.2) is 0 Å². The number of nitrogens with zero attached hydrogens (tertiary/aromatic N) is 1. The van der Waals surface area contributed by atoms with Crippen LogP contribution in [-0.4, -0.2) is 46.8 Å². The van der Waals surface area contributed by atoms with E-state index in [0.717, 1.165) is 12.8 Å². The van der Waals surface area contributed by atoms with E-state index < -0.39 is 11.7 Å². The summed E-state index contributed by atoms with van der Waals surface area (Å²) in [5, 5.41) is 9.61. The zero-order valence-electron chi connectivity index (χ0n) is 12.8. The van der Waals surface area contributed by atoms with Gasteiger partial charge >= 0.3 is 5.97 Å². The fourth-order valence-electron chi connectivity index (χ4n) is 2.67. The highest BCUT2D eigenvalue weighted by atomic mass is 16.6. The lowest BCUT2D eigenvalue weighted by Gasteiger charge is -2.35. The van der Waals surface area contributed by atoms with Crippen molar-refractivity contribution in [1.82, 2.24) is 4.90 Å². The molecule has 1 aliphatic rings. The predicted molar refractivity (Wildman–Crippen MR) is 76.0 cm³/mol. The molecule has 0 heterocycles. The second kappa shape index (κ2) is 7.25. The molecule has 0 bridgehead atoms. The number of rotatable bonds is 5. The Morgan fingerprint density at radius 2 is 1.89 bits per heavy atom. The quantitative estimate of drug-likeness (QED) is 0.780. The summed E-state index contributed by atoms with van der Waals surface area (Å²) in [4.78, 5) is 14.0. The van der Waals surface area contributed by atoms with E-state index in [1.807, 2.05) is 20.8 Å². The molecule has 19 heavy (non-hydrogen) atoms. The fourth-order valence-corrected chi connectivity index (χ4v) is 2.67. The molecule has 4 nitrogen and oxygen atoms in total. The van der Waals surface area contributed by atoms with Crippen molar-refractivity contribution >= 4 is 5.97 Å². The highest BCUT2D eigenvalue weighted by molar-refractivity contribution is 5.72. The second-order valence-electron chi connectivity index (χ2n) is 6.66. The summed E-state index contributed by atoms with van der Waals surface area (Å²) < 4.78 is 5.38. The van der Waals surface area contributed by atoms with Gasteiger partial charge in [0.1, 0.15) is 5.60 Å². The molecule has 1 saturated carbocycles. The van der Waals surface area contributed by atoms with Gasteiger partial charge in [0.15, 0.2) is 0 Å². The van der Waals surface area contributed by atoms with Crippen molar-refractivity contribution in [2.45, 2.75) is 77.5 Å². The standard InChI is InChI=1S/C15H29NO3/c1-12(17)10-16(13-8-6-5-7-9-13)11-14(18)19-15(2,3)4/h12-13,17H,5-11H2,1-4H3. The van der Waals surface area contributed by atoms with Crippen LogP contribution < -0.4 is 0 Å². The van der Waals surface area contributed by atoms with Gasteiger partial charge in [-0.1, -0.05) is 19.3 Å². The van der Waals surface area contributed by atoms with Gasteiger partial charge in [-0.3, -0.25) is 9.69 Å². The molecule has 1 aliphatic carbocycles. The first-order valence-electron chi connectivity index (χ1n) is 7.42. The smallest absolute Gasteiger partial charge is 0.320 e. The van der Waals surface area contributed by atoms with Gasteiger partial charge in [-0.05, 0) is 40.5 Å². The SMILES string of the molecule is CC(O)CN(CC(=O)OC(C)(C)C)C1CCCCC1. The van der Waals surface area contributed by atoms with Crippen LogP contribution in [0.5, 0.6) is 0 Å². The Morgan fingerprint density at radius 3 is 2.37 bits per heavy atom. The third kappa shape index (κ3) is 6.92.